The van der Waals surface area contributed by atoms with Crippen molar-refractivity contribution in [1.29, 1.82) is 0 Å². The van der Waals surface area contributed by atoms with Gasteiger partial charge in [-0.05, 0) is 19.4 Å². The van der Waals surface area contributed by atoms with Crippen LogP contribution in [0.2, 0.25) is 0 Å². The van der Waals surface area contributed by atoms with Gasteiger partial charge < -0.3 is 5.73 Å². The van der Waals surface area contributed by atoms with Crippen molar-refractivity contribution in [2.45, 2.75) is 19.4 Å². The molecule has 62 valence electrons. The van der Waals surface area contributed by atoms with Crippen LogP contribution in [0.15, 0.2) is 29.3 Å². The highest BCUT2D eigenvalue weighted by Gasteiger charge is 2.29. The predicted octanol–water partition coefficient (Wildman–Crippen LogP) is 1.64. The molecule has 1 aliphatic heterocycles. The van der Waals surface area contributed by atoms with Gasteiger partial charge in [0.05, 0.1) is 5.54 Å². The molecule has 0 bridgehead atoms. The van der Waals surface area contributed by atoms with E-state index in [1.165, 1.54) is 5.56 Å². The van der Waals surface area contributed by atoms with Gasteiger partial charge in [-0.2, -0.15) is 0 Å². The summed E-state index contributed by atoms with van der Waals surface area (Å²) in [6, 6.07) is 8.11. The summed E-state index contributed by atoms with van der Waals surface area (Å²) in [4.78, 5) is 4.38. The van der Waals surface area contributed by atoms with Crippen LogP contribution < -0.4 is 5.73 Å². The molecule has 2 heteroatoms. The Kier molecular flexibility index (Phi) is 1.28. The minimum Gasteiger partial charge on any atom is -0.383 e. The van der Waals surface area contributed by atoms with Crippen molar-refractivity contribution in [2.75, 3.05) is 0 Å². The lowest BCUT2D eigenvalue weighted by molar-refractivity contribution is 0.571. The van der Waals surface area contributed by atoms with Gasteiger partial charge in [0.1, 0.15) is 5.84 Å². The predicted molar refractivity (Wildman–Crippen MR) is 50.2 cm³/mol. The van der Waals surface area contributed by atoms with Gasteiger partial charge in [-0.25, -0.2) is 0 Å². The summed E-state index contributed by atoms with van der Waals surface area (Å²) < 4.78 is 0. The van der Waals surface area contributed by atoms with Crippen molar-refractivity contribution >= 4 is 5.84 Å². The Morgan fingerprint density at radius 1 is 1.25 bits per heavy atom. The molecule has 12 heavy (non-hydrogen) atoms. The molecule has 0 saturated carbocycles. The molecule has 1 heterocycles. The second-order valence-corrected chi connectivity index (χ2v) is 3.60. The number of aliphatic imine (C=N–C) groups is 1. The number of benzene rings is 1. The highest BCUT2D eigenvalue weighted by atomic mass is 15.0. The third-order valence-corrected chi connectivity index (χ3v) is 2.26. The van der Waals surface area contributed by atoms with Crippen LogP contribution in [0, 0.1) is 0 Å². The average Bonchev–Trinajstić information content (AvgIpc) is 2.25. The van der Waals surface area contributed by atoms with Gasteiger partial charge in [-0.3, -0.25) is 4.99 Å². The second kappa shape index (κ2) is 2.09. The van der Waals surface area contributed by atoms with Crippen molar-refractivity contribution in [3.8, 4) is 0 Å². The third-order valence-electron chi connectivity index (χ3n) is 2.26. The highest BCUT2D eigenvalue weighted by molar-refractivity contribution is 6.01. The van der Waals surface area contributed by atoms with E-state index in [0.717, 1.165) is 5.56 Å². The van der Waals surface area contributed by atoms with E-state index in [1.807, 2.05) is 18.2 Å². The minimum absolute atomic E-state index is 0.138. The zero-order chi connectivity index (χ0) is 8.77. The molecule has 0 aromatic heterocycles. The molecule has 0 unspecified atom stereocenters. The second-order valence-electron chi connectivity index (χ2n) is 3.60. The Morgan fingerprint density at radius 3 is 2.58 bits per heavy atom. The van der Waals surface area contributed by atoms with Gasteiger partial charge in [0, 0.05) is 5.56 Å². The van der Waals surface area contributed by atoms with Crippen LogP contribution in [0.3, 0.4) is 0 Å². The van der Waals surface area contributed by atoms with Crippen molar-refractivity contribution < 1.29 is 0 Å². The average molecular weight is 160 g/mol. The minimum atomic E-state index is -0.138. The lowest BCUT2D eigenvalue weighted by atomic mass is 9.94. The number of amidine groups is 1. The van der Waals surface area contributed by atoms with E-state index in [4.69, 9.17) is 5.73 Å². The molecular weight excluding hydrogens is 148 g/mol. The molecule has 0 saturated heterocycles. The zero-order valence-electron chi connectivity index (χ0n) is 7.33. The van der Waals surface area contributed by atoms with E-state index in [2.05, 4.69) is 24.9 Å². The van der Waals surface area contributed by atoms with E-state index in [-0.39, 0.29) is 5.54 Å². The molecule has 2 N–H and O–H groups in total. The number of rotatable bonds is 0. The van der Waals surface area contributed by atoms with Crippen molar-refractivity contribution in [1.82, 2.24) is 0 Å². The van der Waals surface area contributed by atoms with E-state index in [9.17, 15) is 0 Å². The van der Waals surface area contributed by atoms with Crippen LogP contribution in [-0.4, -0.2) is 5.84 Å². The van der Waals surface area contributed by atoms with Crippen LogP contribution in [0.25, 0.3) is 0 Å². The first-order chi connectivity index (χ1) is 5.61. The number of nitrogens with zero attached hydrogens (tertiary/aromatic N) is 1. The molecule has 0 aliphatic carbocycles. The zero-order valence-corrected chi connectivity index (χ0v) is 7.33. The van der Waals surface area contributed by atoms with Gasteiger partial charge in [0.15, 0.2) is 0 Å². The number of hydrogen-bond donors (Lipinski definition) is 1. The van der Waals surface area contributed by atoms with E-state index in [0.29, 0.717) is 5.84 Å². The fraction of sp³-hybridized carbons (Fsp3) is 0.300. The molecule has 1 aromatic carbocycles. The standard InChI is InChI=1S/C10H12N2/c1-10(2)8-6-4-3-5-7(8)9(11)12-10/h3-6H,1-2H3,(H2,11,12). The summed E-state index contributed by atoms with van der Waals surface area (Å²) in [6.45, 7) is 4.15. The maximum Gasteiger partial charge on any atom is 0.126 e. The largest absolute Gasteiger partial charge is 0.383 e. The highest BCUT2D eigenvalue weighted by Crippen LogP contribution is 2.32. The Morgan fingerprint density at radius 2 is 1.92 bits per heavy atom. The quantitative estimate of drug-likeness (QED) is 0.615. The molecule has 2 rings (SSSR count). The van der Waals surface area contributed by atoms with Gasteiger partial charge in [0.2, 0.25) is 0 Å². The van der Waals surface area contributed by atoms with Crippen molar-refractivity contribution in [3.63, 3.8) is 0 Å². The summed E-state index contributed by atoms with van der Waals surface area (Å²) in [5.41, 5.74) is 7.94. The van der Waals surface area contributed by atoms with E-state index < -0.39 is 0 Å². The Hall–Kier alpha value is -1.31. The first kappa shape index (κ1) is 7.35. The number of fused-ring (bicyclic) bond motifs is 1. The normalized spacial score (nSPS) is 18.7. The Balaban J connectivity index is 2.68. The third kappa shape index (κ3) is 0.843. The van der Waals surface area contributed by atoms with Crippen LogP contribution in [0.5, 0.6) is 0 Å². The first-order valence-electron chi connectivity index (χ1n) is 4.06. The van der Waals surface area contributed by atoms with Crippen LogP contribution in [0.4, 0.5) is 0 Å². The fourth-order valence-corrected chi connectivity index (χ4v) is 1.66. The van der Waals surface area contributed by atoms with Crippen molar-refractivity contribution in [2.24, 2.45) is 10.7 Å². The Bertz CT molecular complexity index is 351. The molecule has 1 aromatic rings. The molecule has 0 spiro atoms. The van der Waals surface area contributed by atoms with E-state index >= 15 is 0 Å². The van der Waals surface area contributed by atoms with Crippen LogP contribution in [0.1, 0.15) is 25.0 Å². The summed E-state index contributed by atoms with van der Waals surface area (Å²) in [6.07, 6.45) is 0. The van der Waals surface area contributed by atoms with Gasteiger partial charge in [-0.1, -0.05) is 24.3 Å². The van der Waals surface area contributed by atoms with Gasteiger partial charge in [-0.15, -0.1) is 0 Å². The summed E-state index contributed by atoms with van der Waals surface area (Å²) in [5, 5.41) is 0. The Labute approximate surface area is 72.1 Å². The van der Waals surface area contributed by atoms with Gasteiger partial charge >= 0.3 is 0 Å². The molecule has 0 amide bonds. The molecule has 1 aliphatic rings. The summed E-state index contributed by atoms with van der Waals surface area (Å²) in [7, 11) is 0. The van der Waals surface area contributed by atoms with Crippen molar-refractivity contribution in [3.05, 3.63) is 35.4 Å². The lowest BCUT2D eigenvalue weighted by Crippen LogP contribution is -2.10. The topological polar surface area (TPSA) is 38.4 Å². The van der Waals surface area contributed by atoms with Gasteiger partial charge in [0.25, 0.3) is 0 Å². The maximum absolute atomic E-state index is 5.77. The molecule has 0 atom stereocenters. The van der Waals surface area contributed by atoms with Crippen LogP contribution in [-0.2, 0) is 5.54 Å². The summed E-state index contributed by atoms with van der Waals surface area (Å²) >= 11 is 0. The monoisotopic (exact) mass is 160 g/mol. The maximum atomic E-state index is 5.77. The van der Waals surface area contributed by atoms with E-state index in [1.54, 1.807) is 0 Å². The SMILES string of the molecule is CC1(C)N=C(N)c2ccccc21. The molecule has 0 radical (unpaired) electrons. The number of nitrogens with two attached hydrogens (primary N) is 1. The molecular formula is C10H12N2. The fourth-order valence-electron chi connectivity index (χ4n) is 1.66. The molecule has 0 fully saturated rings. The lowest BCUT2D eigenvalue weighted by Gasteiger charge is -2.14. The molecule has 2 nitrogen and oxygen atoms in total. The van der Waals surface area contributed by atoms with Crippen LogP contribution >= 0.6 is 0 Å². The summed E-state index contributed by atoms with van der Waals surface area (Å²) in [5.74, 6) is 0.663. The first-order valence-corrected chi connectivity index (χ1v) is 4.06. The number of hydrogen-bond acceptors (Lipinski definition) is 2. The smallest absolute Gasteiger partial charge is 0.126 e.